The summed E-state index contributed by atoms with van der Waals surface area (Å²) < 4.78 is 27.0. The Morgan fingerprint density at radius 2 is 2.36 bits per heavy atom. The molecule has 0 aliphatic carbocycles. The van der Waals surface area contributed by atoms with Gasteiger partial charge in [0, 0.05) is 5.92 Å². The van der Waals surface area contributed by atoms with Crippen molar-refractivity contribution in [2.45, 2.75) is 12.3 Å². The molecule has 78 valence electrons. The second-order valence-corrected chi connectivity index (χ2v) is 5.43. The van der Waals surface area contributed by atoms with Gasteiger partial charge in [-0.1, -0.05) is 5.16 Å². The molecule has 1 aliphatic rings. The number of nitrogens with zero attached hydrogens (tertiary/aromatic N) is 2. The van der Waals surface area contributed by atoms with Crippen LogP contribution in [-0.2, 0) is 9.84 Å². The number of nitrogens with one attached hydrogen (secondary N) is 1. The normalized spacial score (nSPS) is 25.1. The average Bonchev–Trinajstić information content (AvgIpc) is 2.70. The molecule has 2 heterocycles. The fourth-order valence-electron chi connectivity index (χ4n) is 1.46. The number of aromatic nitrogens is 2. The van der Waals surface area contributed by atoms with Crippen LogP contribution >= 0.6 is 0 Å². The number of hydrogen-bond acceptors (Lipinski definition) is 7. The molecule has 0 saturated carbocycles. The van der Waals surface area contributed by atoms with Crippen LogP contribution in [0, 0.1) is 0 Å². The summed E-state index contributed by atoms with van der Waals surface area (Å²) in [7, 11) is -2.91. The number of nitrogens with two attached hydrogens (primary N) is 1. The molecule has 8 heteroatoms. The summed E-state index contributed by atoms with van der Waals surface area (Å²) in [5.74, 6) is 5.58. The number of anilines is 1. The molecule has 0 radical (unpaired) electrons. The maximum Gasteiger partial charge on any atom is 0.335 e. The Bertz CT molecular complexity index is 426. The standard InChI is InChI=1S/C6H10N4O3S/c7-9-6-8-5(10-13-6)4-1-2-14(11,12)3-4/h4H,1-3,7H2,(H,8,9,10). The first kappa shape index (κ1) is 9.41. The molecule has 0 spiro atoms. The lowest BCUT2D eigenvalue weighted by atomic mass is 10.1. The van der Waals surface area contributed by atoms with Gasteiger partial charge in [-0.15, -0.1) is 0 Å². The fourth-order valence-corrected chi connectivity index (χ4v) is 3.20. The molecule has 3 N–H and O–H groups in total. The van der Waals surface area contributed by atoms with Crippen molar-refractivity contribution in [1.82, 2.24) is 10.1 Å². The van der Waals surface area contributed by atoms with Crippen LogP contribution < -0.4 is 11.3 Å². The number of sulfone groups is 1. The van der Waals surface area contributed by atoms with Gasteiger partial charge in [0.2, 0.25) is 0 Å². The molecular weight excluding hydrogens is 208 g/mol. The summed E-state index contributed by atoms with van der Waals surface area (Å²) in [4.78, 5) is 3.90. The van der Waals surface area contributed by atoms with Crippen LogP contribution in [0.2, 0.25) is 0 Å². The van der Waals surface area contributed by atoms with E-state index in [4.69, 9.17) is 10.4 Å². The minimum absolute atomic E-state index is 0.0938. The summed E-state index contributed by atoms with van der Waals surface area (Å²) in [5, 5.41) is 3.64. The van der Waals surface area contributed by atoms with E-state index in [-0.39, 0.29) is 23.4 Å². The molecule has 1 aromatic rings. The second kappa shape index (κ2) is 3.21. The van der Waals surface area contributed by atoms with Crippen LogP contribution in [0.15, 0.2) is 4.52 Å². The van der Waals surface area contributed by atoms with Crippen molar-refractivity contribution >= 4 is 15.9 Å². The summed E-state index contributed by atoms with van der Waals surface area (Å²) in [6.07, 6.45) is 0.547. The van der Waals surface area contributed by atoms with E-state index >= 15 is 0 Å². The highest BCUT2D eigenvalue weighted by Gasteiger charge is 2.32. The van der Waals surface area contributed by atoms with Crippen molar-refractivity contribution in [2.24, 2.45) is 5.84 Å². The molecule has 1 atom stereocenters. The molecule has 1 unspecified atom stereocenters. The summed E-state index contributed by atoms with van der Waals surface area (Å²) >= 11 is 0. The molecule has 7 nitrogen and oxygen atoms in total. The average molecular weight is 218 g/mol. The maximum absolute atomic E-state index is 11.2. The molecule has 14 heavy (non-hydrogen) atoms. The molecule has 1 aromatic heterocycles. The van der Waals surface area contributed by atoms with Crippen LogP contribution in [0.4, 0.5) is 6.01 Å². The molecule has 1 fully saturated rings. The first-order valence-corrected chi connectivity index (χ1v) is 5.93. The number of hydrogen-bond donors (Lipinski definition) is 2. The number of hydrazine groups is 1. The van der Waals surface area contributed by atoms with Gasteiger partial charge in [-0.3, -0.25) is 5.43 Å². The van der Waals surface area contributed by atoms with Crippen molar-refractivity contribution < 1.29 is 12.9 Å². The molecule has 1 saturated heterocycles. The van der Waals surface area contributed by atoms with E-state index in [1.807, 2.05) is 0 Å². The monoisotopic (exact) mass is 218 g/mol. The first-order chi connectivity index (χ1) is 6.61. The molecule has 0 bridgehead atoms. The van der Waals surface area contributed by atoms with Gasteiger partial charge in [-0.05, 0) is 6.42 Å². The van der Waals surface area contributed by atoms with Crippen molar-refractivity contribution in [3.05, 3.63) is 5.82 Å². The SMILES string of the molecule is NNc1nc(C2CCS(=O)(=O)C2)no1. The van der Waals surface area contributed by atoms with Crippen molar-refractivity contribution in [2.75, 3.05) is 16.9 Å². The second-order valence-electron chi connectivity index (χ2n) is 3.20. The van der Waals surface area contributed by atoms with Gasteiger partial charge in [-0.25, -0.2) is 14.3 Å². The Hall–Kier alpha value is -1.15. The minimum Gasteiger partial charge on any atom is -0.314 e. The quantitative estimate of drug-likeness (QED) is 0.496. The van der Waals surface area contributed by atoms with Crippen molar-refractivity contribution in [1.29, 1.82) is 0 Å². The van der Waals surface area contributed by atoms with Crippen molar-refractivity contribution in [3.63, 3.8) is 0 Å². The van der Waals surface area contributed by atoms with Gasteiger partial charge in [0.25, 0.3) is 0 Å². The minimum atomic E-state index is -2.91. The van der Waals surface area contributed by atoms with Gasteiger partial charge < -0.3 is 4.52 Å². The largest absolute Gasteiger partial charge is 0.335 e. The first-order valence-electron chi connectivity index (χ1n) is 4.11. The van der Waals surface area contributed by atoms with Gasteiger partial charge in [-0.2, -0.15) is 4.98 Å². The molecule has 0 aromatic carbocycles. The predicted octanol–water partition coefficient (Wildman–Crippen LogP) is -0.743. The zero-order valence-electron chi connectivity index (χ0n) is 7.30. The zero-order chi connectivity index (χ0) is 10.2. The van der Waals surface area contributed by atoms with Gasteiger partial charge in [0.15, 0.2) is 15.7 Å². The lowest BCUT2D eigenvalue weighted by Gasteiger charge is -1.97. The summed E-state index contributed by atoms with van der Waals surface area (Å²) in [6.45, 7) is 0. The van der Waals surface area contributed by atoms with Gasteiger partial charge >= 0.3 is 6.01 Å². The lowest BCUT2D eigenvalue weighted by molar-refractivity contribution is 0.418. The van der Waals surface area contributed by atoms with E-state index in [0.29, 0.717) is 12.2 Å². The van der Waals surface area contributed by atoms with E-state index in [1.54, 1.807) is 0 Å². The topological polar surface area (TPSA) is 111 Å². The molecular formula is C6H10N4O3S. The molecule has 0 amide bonds. The summed E-state index contributed by atoms with van der Waals surface area (Å²) in [5.41, 5.74) is 2.20. The van der Waals surface area contributed by atoms with E-state index in [0.717, 1.165) is 0 Å². The van der Waals surface area contributed by atoms with E-state index < -0.39 is 9.84 Å². The number of rotatable bonds is 2. The van der Waals surface area contributed by atoms with Crippen molar-refractivity contribution in [3.8, 4) is 0 Å². The highest BCUT2D eigenvalue weighted by molar-refractivity contribution is 7.91. The number of nitrogen functional groups attached to an aromatic ring is 1. The van der Waals surface area contributed by atoms with E-state index in [9.17, 15) is 8.42 Å². The van der Waals surface area contributed by atoms with E-state index in [2.05, 4.69) is 15.6 Å². The highest BCUT2D eigenvalue weighted by atomic mass is 32.2. The van der Waals surface area contributed by atoms with Crippen LogP contribution in [0.25, 0.3) is 0 Å². The third-order valence-electron chi connectivity index (χ3n) is 2.16. The smallest absolute Gasteiger partial charge is 0.314 e. The Morgan fingerprint density at radius 1 is 1.57 bits per heavy atom. The van der Waals surface area contributed by atoms with Crippen LogP contribution in [0.1, 0.15) is 18.2 Å². The predicted molar refractivity (Wildman–Crippen MR) is 48.1 cm³/mol. The van der Waals surface area contributed by atoms with Gasteiger partial charge in [0.05, 0.1) is 11.5 Å². The van der Waals surface area contributed by atoms with Crippen LogP contribution in [0.3, 0.4) is 0 Å². The third-order valence-corrected chi connectivity index (χ3v) is 3.93. The molecule has 1 aliphatic heterocycles. The Balaban J connectivity index is 2.17. The van der Waals surface area contributed by atoms with E-state index in [1.165, 1.54) is 0 Å². The Kier molecular flexibility index (Phi) is 2.16. The highest BCUT2D eigenvalue weighted by Crippen LogP contribution is 2.27. The summed E-state index contributed by atoms with van der Waals surface area (Å²) in [6, 6.07) is 0.101. The lowest BCUT2D eigenvalue weighted by Crippen LogP contribution is -2.08. The Morgan fingerprint density at radius 3 is 2.86 bits per heavy atom. The molecule has 2 rings (SSSR count). The fraction of sp³-hybridized carbons (Fsp3) is 0.667. The van der Waals surface area contributed by atoms with Crippen LogP contribution in [-0.4, -0.2) is 30.1 Å². The zero-order valence-corrected chi connectivity index (χ0v) is 8.12. The Labute approximate surface area is 80.6 Å². The van der Waals surface area contributed by atoms with Crippen LogP contribution in [0.5, 0.6) is 0 Å². The van der Waals surface area contributed by atoms with Gasteiger partial charge in [0.1, 0.15) is 0 Å². The third kappa shape index (κ3) is 1.70. The maximum atomic E-state index is 11.2.